The molecular weight excluding hydrogens is 170 g/mol. The lowest BCUT2D eigenvalue weighted by molar-refractivity contribution is 0.677. The van der Waals surface area contributed by atoms with Crippen LogP contribution in [-0.4, -0.2) is 6.04 Å². The first-order valence-corrected chi connectivity index (χ1v) is 5.17. The van der Waals surface area contributed by atoms with Gasteiger partial charge >= 0.3 is 0 Å². The molecule has 1 rings (SSSR count). The van der Waals surface area contributed by atoms with Crippen molar-refractivity contribution in [2.45, 2.75) is 32.7 Å². The fraction of sp³-hybridized carbons (Fsp3) is 0.385. The largest absolute Gasteiger partial charge is 0.328 e. The zero-order valence-electron chi connectivity index (χ0n) is 9.03. The van der Waals surface area contributed by atoms with Crippen molar-refractivity contribution in [3.05, 3.63) is 41.5 Å². The molecule has 1 atom stereocenters. The summed E-state index contributed by atoms with van der Waals surface area (Å²) in [5, 5.41) is 0. The maximum absolute atomic E-state index is 5.66. The number of benzene rings is 1. The first-order chi connectivity index (χ1) is 6.68. The fourth-order valence-electron chi connectivity index (χ4n) is 1.26. The van der Waals surface area contributed by atoms with Crippen LogP contribution in [0.5, 0.6) is 0 Å². The molecule has 0 aliphatic carbocycles. The highest BCUT2D eigenvalue weighted by atomic mass is 14.6. The topological polar surface area (TPSA) is 26.0 Å². The van der Waals surface area contributed by atoms with E-state index in [1.165, 1.54) is 11.1 Å². The monoisotopic (exact) mass is 189 g/mol. The summed E-state index contributed by atoms with van der Waals surface area (Å²) in [5.74, 6) is 0. The molecule has 1 heteroatoms. The Morgan fingerprint density at radius 2 is 1.93 bits per heavy atom. The van der Waals surface area contributed by atoms with E-state index in [1.54, 1.807) is 0 Å². The van der Waals surface area contributed by atoms with E-state index in [0.717, 1.165) is 12.8 Å². The van der Waals surface area contributed by atoms with Gasteiger partial charge in [-0.1, -0.05) is 42.0 Å². The molecule has 0 aromatic heterocycles. The van der Waals surface area contributed by atoms with Gasteiger partial charge in [-0.05, 0) is 32.3 Å². The third-order valence-electron chi connectivity index (χ3n) is 2.18. The van der Waals surface area contributed by atoms with Gasteiger partial charge in [-0.25, -0.2) is 0 Å². The summed E-state index contributed by atoms with van der Waals surface area (Å²) in [7, 11) is 0. The van der Waals surface area contributed by atoms with Crippen LogP contribution in [0.3, 0.4) is 0 Å². The van der Waals surface area contributed by atoms with Crippen molar-refractivity contribution in [1.82, 2.24) is 0 Å². The Morgan fingerprint density at radius 3 is 2.50 bits per heavy atom. The minimum absolute atomic E-state index is 0.303. The van der Waals surface area contributed by atoms with E-state index in [-0.39, 0.29) is 0 Å². The lowest BCUT2D eigenvalue weighted by Gasteiger charge is -1.99. The van der Waals surface area contributed by atoms with E-state index in [9.17, 15) is 0 Å². The third kappa shape index (κ3) is 4.24. The molecule has 1 aromatic rings. The number of hydrogen-bond acceptors (Lipinski definition) is 1. The molecule has 0 spiro atoms. The number of allylic oxidation sites excluding steroid dienone is 1. The highest BCUT2D eigenvalue weighted by molar-refractivity contribution is 5.49. The van der Waals surface area contributed by atoms with Crippen LogP contribution in [0.4, 0.5) is 0 Å². The van der Waals surface area contributed by atoms with Gasteiger partial charge < -0.3 is 5.73 Å². The number of rotatable bonds is 4. The second kappa shape index (κ2) is 5.61. The van der Waals surface area contributed by atoms with E-state index < -0.39 is 0 Å². The summed E-state index contributed by atoms with van der Waals surface area (Å²) in [4.78, 5) is 0. The molecular formula is C13H19N. The average Bonchev–Trinajstić information content (AvgIpc) is 2.15. The second-order valence-corrected chi connectivity index (χ2v) is 3.87. The molecule has 2 N–H and O–H groups in total. The second-order valence-electron chi connectivity index (χ2n) is 3.87. The zero-order valence-corrected chi connectivity index (χ0v) is 9.03. The van der Waals surface area contributed by atoms with E-state index in [0.29, 0.717) is 6.04 Å². The molecule has 0 fully saturated rings. The van der Waals surface area contributed by atoms with Crippen molar-refractivity contribution < 1.29 is 0 Å². The van der Waals surface area contributed by atoms with E-state index in [1.807, 2.05) is 6.92 Å². The molecule has 1 nitrogen and oxygen atoms in total. The number of nitrogens with two attached hydrogens (primary N) is 1. The van der Waals surface area contributed by atoms with Gasteiger partial charge in [-0.2, -0.15) is 0 Å². The summed E-state index contributed by atoms with van der Waals surface area (Å²) in [6.07, 6.45) is 6.46. The summed E-state index contributed by atoms with van der Waals surface area (Å²) < 4.78 is 0. The molecule has 1 aromatic carbocycles. The predicted molar refractivity (Wildman–Crippen MR) is 63.1 cm³/mol. The smallest absolute Gasteiger partial charge is 0.00134 e. The first kappa shape index (κ1) is 11.0. The molecule has 0 saturated carbocycles. The Hall–Kier alpha value is -1.08. The van der Waals surface area contributed by atoms with Gasteiger partial charge in [0.2, 0.25) is 0 Å². The van der Waals surface area contributed by atoms with Crippen LogP contribution in [0.25, 0.3) is 6.08 Å². The molecule has 0 saturated heterocycles. The van der Waals surface area contributed by atoms with Gasteiger partial charge in [0.15, 0.2) is 0 Å². The fourth-order valence-corrected chi connectivity index (χ4v) is 1.26. The van der Waals surface area contributed by atoms with Crippen LogP contribution in [0.1, 0.15) is 30.9 Å². The Kier molecular flexibility index (Phi) is 4.41. The molecule has 0 radical (unpaired) electrons. The first-order valence-electron chi connectivity index (χ1n) is 5.17. The maximum atomic E-state index is 5.66. The van der Waals surface area contributed by atoms with Gasteiger partial charge in [-0.3, -0.25) is 0 Å². The van der Waals surface area contributed by atoms with Gasteiger partial charge in [0, 0.05) is 6.04 Å². The Balaban J connectivity index is 2.40. The third-order valence-corrected chi connectivity index (χ3v) is 2.18. The van der Waals surface area contributed by atoms with Crippen LogP contribution in [-0.2, 0) is 0 Å². The van der Waals surface area contributed by atoms with E-state index >= 15 is 0 Å². The van der Waals surface area contributed by atoms with Crippen molar-refractivity contribution in [3.8, 4) is 0 Å². The number of hydrogen-bond donors (Lipinski definition) is 1. The van der Waals surface area contributed by atoms with Crippen LogP contribution in [0.15, 0.2) is 30.3 Å². The average molecular weight is 189 g/mol. The summed E-state index contributed by atoms with van der Waals surface area (Å²) in [6, 6.07) is 8.84. The van der Waals surface area contributed by atoms with Crippen LogP contribution in [0, 0.1) is 6.92 Å². The Labute approximate surface area is 86.6 Å². The van der Waals surface area contributed by atoms with Crippen molar-refractivity contribution in [2.75, 3.05) is 0 Å². The molecule has 0 bridgehead atoms. The van der Waals surface area contributed by atoms with Gasteiger partial charge in [0.1, 0.15) is 0 Å². The molecule has 76 valence electrons. The zero-order chi connectivity index (χ0) is 10.4. The van der Waals surface area contributed by atoms with Crippen molar-refractivity contribution in [1.29, 1.82) is 0 Å². The Morgan fingerprint density at radius 1 is 1.29 bits per heavy atom. The highest BCUT2D eigenvalue weighted by Crippen LogP contribution is 2.06. The highest BCUT2D eigenvalue weighted by Gasteiger charge is 1.90. The lowest BCUT2D eigenvalue weighted by Crippen LogP contribution is -2.13. The molecule has 0 aliphatic rings. The van der Waals surface area contributed by atoms with Crippen LogP contribution >= 0.6 is 0 Å². The van der Waals surface area contributed by atoms with Gasteiger partial charge in [0.05, 0.1) is 0 Å². The van der Waals surface area contributed by atoms with Gasteiger partial charge in [0.25, 0.3) is 0 Å². The van der Waals surface area contributed by atoms with Crippen molar-refractivity contribution >= 4 is 6.08 Å². The molecule has 0 aliphatic heterocycles. The van der Waals surface area contributed by atoms with Crippen molar-refractivity contribution in [3.63, 3.8) is 0 Å². The quantitative estimate of drug-likeness (QED) is 0.773. The van der Waals surface area contributed by atoms with E-state index in [4.69, 9.17) is 5.73 Å². The van der Waals surface area contributed by atoms with Crippen LogP contribution in [0.2, 0.25) is 0 Å². The number of aryl methyl sites for hydroxylation is 1. The summed E-state index contributed by atoms with van der Waals surface area (Å²) >= 11 is 0. The normalized spacial score (nSPS) is 13.4. The van der Waals surface area contributed by atoms with E-state index in [2.05, 4.69) is 43.3 Å². The minimum atomic E-state index is 0.303. The van der Waals surface area contributed by atoms with Crippen LogP contribution < -0.4 is 5.73 Å². The van der Waals surface area contributed by atoms with Gasteiger partial charge in [-0.15, -0.1) is 0 Å². The molecule has 1 unspecified atom stereocenters. The summed E-state index contributed by atoms with van der Waals surface area (Å²) in [6.45, 7) is 4.14. The summed E-state index contributed by atoms with van der Waals surface area (Å²) in [5.41, 5.74) is 8.23. The molecule has 0 amide bonds. The SMILES string of the molecule is Cc1ccc(/C=C/CCC(C)N)cc1. The predicted octanol–water partition coefficient (Wildman–Crippen LogP) is 3.14. The molecule has 0 heterocycles. The standard InChI is InChI=1S/C13H19N/c1-11-7-9-13(10-8-11)6-4-3-5-12(2)14/h4,6-10,12H,3,5,14H2,1-2H3/b6-4+. The Bertz CT molecular complexity index is 283. The minimum Gasteiger partial charge on any atom is -0.328 e. The lowest BCUT2D eigenvalue weighted by atomic mass is 10.1. The maximum Gasteiger partial charge on any atom is 0.00134 e. The van der Waals surface area contributed by atoms with Crippen molar-refractivity contribution in [2.24, 2.45) is 5.73 Å². The molecule has 14 heavy (non-hydrogen) atoms.